The first-order valence-corrected chi connectivity index (χ1v) is 8.41. The summed E-state index contributed by atoms with van der Waals surface area (Å²) in [5.41, 5.74) is 0. The van der Waals surface area contributed by atoms with E-state index in [0.29, 0.717) is 19.1 Å². The molecule has 1 aromatic rings. The second-order valence-electron chi connectivity index (χ2n) is 5.77. The number of ether oxygens (including phenoxy) is 2. The number of nitrogens with one attached hydrogen (secondary N) is 1. The van der Waals surface area contributed by atoms with Crippen molar-refractivity contribution in [3.63, 3.8) is 0 Å². The SMILES string of the molecule is O=C(CCOc1ccccc1)NCCCCCCCC1CO1. The summed E-state index contributed by atoms with van der Waals surface area (Å²) in [5.74, 6) is 0.883. The highest BCUT2D eigenvalue weighted by Gasteiger charge is 2.20. The molecule has 0 saturated carbocycles. The largest absolute Gasteiger partial charge is 0.493 e. The highest BCUT2D eigenvalue weighted by atomic mass is 16.6. The molecule has 1 aromatic carbocycles. The molecule has 0 aliphatic carbocycles. The van der Waals surface area contributed by atoms with Gasteiger partial charge in [-0.1, -0.05) is 43.9 Å². The summed E-state index contributed by atoms with van der Waals surface area (Å²) in [7, 11) is 0. The van der Waals surface area contributed by atoms with Crippen LogP contribution in [0.1, 0.15) is 44.9 Å². The number of rotatable bonds is 12. The van der Waals surface area contributed by atoms with Crippen LogP contribution in [0.2, 0.25) is 0 Å². The Morgan fingerprint density at radius 1 is 1.14 bits per heavy atom. The van der Waals surface area contributed by atoms with Gasteiger partial charge in [0.1, 0.15) is 5.75 Å². The summed E-state index contributed by atoms with van der Waals surface area (Å²) in [4.78, 5) is 11.6. The molecule has 0 aromatic heterocycles. The number of unbranched alkanes of at least 4 members (excludes halogenated alkanes) is 4. The van der Waals surface area contributed by atoms with E-state index >= 15 is 0 Å². The minimum Gasteiger partial charge on any atom is -0.493 e. The van der Waals surface area contributed by atoms with Crippen LogP contribution in [0.25, 0.3) is 0 Å². The molecule has 2 rings (SSSR count). The molecule has 4 heteroatoms. The second-order valence-corrected chi connectivity index (χ2v) is 5.77. The zero-order valence-electron chi connectivity index (χ0n) is 13.3. The van der Waals surface area contributed by atoms with Crippen molar-refractivity contribution in [3.05, 3.63) is 30.3 Å². The van der Waals surface area contributed by atoms with Crippen molar-refractivity contribution in [2.75, 3.05) is 19.8 Å². The van der Waals surface area contributed by atoms with Crippen LogP contribution in [0.15, 0.2) is 30.3 Å². The van der Waals surface area contributed by atoms with Crippen molar-refractivity contribution in [2.45, 2.75) is 51.0 Å². The van der Waals surface area contributed by atoms with E-state index in [1.54, 1.807) is 0 Å². The number of benzene rings is 1. The molecule has 4 nitrogen and oxygen atoms in total. The Morgan fingerprint density at radius 3 is 2.64 bits per heavy atom. The number of epoxide rings is 1. The molecule has 1 amide bonds. The number of hydrogen-bond acceptors (Lipinski definition) is 3. The van der Waals surface area contributed by atoms with E-state index in [2.05, 4.69) is 5.32 Å². The average Bonchev–Trinajstić information content (AvgIpc) is 3.35. The van der Waals surface area contributed by atoms with Gasteiger partial charge in [0, 0.05) is 6.54 Å². The first-order valence-electron chi connectivity index (χ1n) is 8.41. The Kier molecular flexibility index (Phi) is 7.81. The highest BCUT2D eigenvalue weighted by molar-refractivity contribution is 5.75. The molecule has 1 aliphatic heterocycles. The second kappa shape index (κ2) is 10.2. The Bertz CT molecular complexity index is 418. The summed E-state index contributed by atoms with van der Waals surface area (Å²) < 4.78 is 10.7. The minimum absolute atomic E-state index is 0.0711. The third-order valence-corrected chi connectivity index (χ3v) is 3.77. The van der Waals surface area contributed by atoms with Crippen LogP contribution in [0.3, 0.4) is 0 Å². The maximum Gasteiger partial charge on any atom is 0.223 e. The molecule has 22 heavy (non-hydrogen) atoms. The van der Waals surface area contributed by atoms with Crippen molar-refractivity contribution >= 4 is 5.91 Å². The lowest BCUT2D eigenvalue weighted by Crippen LogP contribution is -2.25. The molecule has 0 bridgehead atoms. The quantitative estimate of drug-likeness (QED) is 0.476. The van der Waals surface area contributed by atoms with Crippen molar-refractivity contribution in [1.82, 2.24) is 5.32 Å². The van der Waals surface area contributed by atoms with E-state index < -0.39 is 0 Å². The molecule has 1 heterocycles. The summed E-state index contributed by atoms with van der Waals surface area (Å²) >= 11 is 0. The van der Waals surface area contributed by atoms with Gasteiger partial charge < -0.3 is 14.8 Å². The van der Waals surface area contributed by atoms with Gasteiger partial charge >= 0.3 is 0 Å². The standard InChI is InChI=1S/C18H27NO3/c20-18(12-14-21-16-9-6-4-7-10-16)19-13-8-3-1-2-5-11-17-15-22-17/h4,6-7,9-10,17H,1-3,5,8,11-15H2,(H,19,20). The third kappa shape index (κ3) is 8.03. The number of carbonyl (C=O) groups is 1. The summed E-state index contributed by atoms with van der Waals surface area (Å²) in [6.45, 7) is 2.18. The van der Waals surface area contributed by atoms with Gasteiger partial charge in [0.25, 0.3) is 0 Å². The average molecular weight is 305 g/mol. The zero-order chi connectivity index (χ0) is 15.5. The molecule has 1 fully saturated rings. The molecule has 0 spiro atoms. The lowest BCUT2D eigenvalue weighted by atomic mass is 10.1. The van der Waals surface area contributed by atoms with Gasteiger partial charge in [-0.3, -0.25) is 4.79 Å². The molecular formula is C18H27NO3. The van der Waals surface area contributed by atoms with Gasteiger partial charge in [-0.2, -0.15) is 0 Å². The van der Waals surface area contributed by atoms with Crippen LogP contribution in [0.4, 0.5) is 0 Å². The van der Waals surface area contributed by atoms with Gasteiger partial charge in [-0.25, -0.2) is 0 Å². The Hall–Kier alpha value is -1.55. The first-order chi connectivity index (χ1) is 10.8. The van der Waals surface area contributed by atoms with E-state index in [1.165, 1.54) is 32.1 Å². The Morgan fingerprint density at radius 2 is 1.86 bits per heavy atom. The highest BCUT2D eigenvalue weighted by Crippen LogP contribution is 2.17. The molecule has 1 saturated heterocycles. The fourth-order valence-electron chi connectivity index (χ4n) is 2.36. The van der Waals surface area contributed by atoms with E-state index in [-0.39, 0.29) is 5.91 Å². The molecule has 122 valence electrons. The molecule has 1 atom stereocenters. The summed E-state index contributed by atoms with van der Waals surface area (Å²) in [5, 5.41) is 2.95. The Labute approximate surface area is 133 Å². The van der Waals surface area contributed by atoms with Gasteiger partial charge in [-0.15, -0.1) is 0 Å². The third-order valence-electron chi connectivity index (χ3n) is 3.77. The van der Waals surface area contributed by atoms with E-state index in [1.807, 2.05) is 30.3 Å². The lowest BCUT2D eigenvalue weighted by Gasteiger charge is -2.07. The van der Waals surface area contributed by atoms with Crippen LogP contribution in [0.5, 0.6) is 5.75 Å². The van der Waals surface area contributed by atoms with Crippen LogP contribution in [-0.2, 0) is 9.53 Å². The summed E-state index contributed by atoms with van der Waals surface area (Å²) in [6, 6.07) is 9.58. The zero-order valence-corrected chi connectivity index (χ0v) is 13.3. The van der Waals surface area contributed by atoms with E-state index in [0.717, 1.165) is 25.3 Å². The fourth-order valence-corrected chi connectivity index (χ4v) is 2.36. The van der Waals surface area contributed by atoms with Crippen LogP contribution in [-0.4, -0.2) is 31.8 Å². The van der Waals surface area contributed by atoms with Crippen molar-refractivity contribution < 1.29 is 14.3 Å². The molecular weight excluding hydrogens is 278 g/mol. The molecule has 0 radical (unpaired) electrons. The predicted octanol–water partition coefficient (Wildman–Crippen LogP) is 3.31. The van der Waals surface area contributed by atoms with Gasteiger partial charge in [0.2, 0.25) is 5.91 Å². The van der Waals surface area contributed by atoms with Gasteiger partial charge in [0.05, 0.1) is 25.7 Å². The van der Waals surface area contributed by atoms with Crippen LogP contribution >= 0.6 is 0 Å². The Balaban J connectivity index is 1.36. The molecule has 1 aliphatic rings. The van der Waals surface area contributed by atoms with Crippen molar-refractivity contribution in [2.24, 2.45) is 0 Å². The number of amides is 1. The van der Waals surface area contributed by atoms with E-state index in [9.17, 15) is 4.79 Å². The van der Waals surface area contributed by atoms with Gasteiger partial charge in [0.15, 0.2) is 0 Å². The predicted molar refractivity (Wildman–Crippen MR) is 87.0 cm³/mol. The van der Waals surface area contributed by atoms with Crippen molar-refractivity contribution in [3.8, 4) is 5.75 Å². The van der Waals surface area contributed by atoms with Gasteiger partial charge in [-0.05, 0) is 25.0 Å². The first kappa shape index (κ1) is 16.8. The van der Waals surface area contributed by atoms with Crippen LogP contribution < -0.4 is 10.1 Å². The topological polar surface area (TPSA) is 50.9 Å². The number of hydrogen-bond donors (Lipinski definition) is 1. The minimum atomic E-state index is 0.0711. The maximum atomic E-state index is 11.6. The summed E-state index contributed by atoms with van der Waals surface area (Å²) in [6.07, 6.45) is 8.25. The van der Waals surface area contributed by atoms with E-state index in [4.69, 9.17) is 9.47 Å². The number of carbonyl (C=O) groups excluding carboxylic acids is 1. The van der Waals surface area contributed by atoms with Crippen LogP contribution in [0, 0.1) is 0 Å². The smallest absolute Gasteiger partial charge is 0.223 e. The molecule has 1 N–H and O–H groups in total. The lowest BCUT2D eigenvalue weighted by molar-refractivity contribution is -0.121. The van der Waals surface area contributed by atoms with Crippen molar-refractivity contribution in [1.29, 1.82) is 0 Å². The normalized spacial score (nSPS) is 16.3. The number of para-hydroxylation sites is 1. The fraction of sp³-hybridized carbons (Fsp3) is 0.611. The monoisotopic (exact) mass is 305 g/mol. The molecule has 1 unspecified atom stereocenters. The maximum absolute atomic E-state index is 11.6.